The molecule has 0 radical (unpaired) electrons. The molecule has 0 amide bonds. The summed E-state index contributed by atoms with van der Waals surface area (Å²) in [5, 5.41) is 20.6. The molecule has 1 aromatic heterocycles. The number of nitrogens with one attached hydrogen (secondary N) is 1. The van der Waals surface area contributed by atoms with Crippen LogP contribution >= 0.6 is 0 Å². The van der Waals surface area contributed by atoms with Crippen LogP contribution in [0.25, 0.3) is 10.9 Å². The van der Waals surface area contributed by atoms with Crippen molar-refractivity contribution in [2.45, 2.75) is 33.1 Å². The molecule has 0 atom stereocenters. The summed E-state index contributed by atoms with van der Waals surface area (Å²) in [5.41, 5.74) is 4.04. The van der Waals surface area contributed by atoms with Crippen molar-refractivity contribution in [1.29, 1.82) is 0 Å². The third-order valence-corrected chi connectivity index (χ3v) is 4.25. The van der Waals surface area contributed by atoms with Gasteiger partial charge in [-0.25, -0.2) is 0 Å². The number of benzene rings is 2. The molecule has 124 valence electrons. The Hall–Kier alpha value is -2.75. The molecule has 3 aromatic rings. The van der Waals surface area contributed by atoms with Gasteiger partial charge in [0, 0.05) is 29.5 Å². The quantitative estimate of drug-likeness (QED) is 0.684. The van der Waals surface area contributed by atoms with E-state index < -0.39 is 0 Å². The van der Waals surface area contributed by atoms with Crippen molar-refractivity contribution in [2.75, 3.05) is 0 Å². The average Bonchev–Trinajstić information content (AvgIpc) is 2.50. The first-order valence-electron chi connectivity index (χ1n) is 8.15. The van der Waals surface area contributed by atoms with Crippen LogP contribution in [0.2, 0.25) is 0 Å². The maximum absolute atomic E-state index is 12.6. The minimum atomic E-state index is -0.169. The van der Waals surface area contributed by atoms with E-state index in [1.807, 2.05) is 32.0 Å². The Labute approximate surface area is 140 Å². The lowest BCUT2D eigenvalue weighted by Crippen LogP contribution is -2.17. The second-order valence-corrected chi connectivity index (χ2v) is 6.21. The van der Waals surface area contributed by atoms with Gasteiger partial charge < -0.3 is 15.2 Å². The fourth-order valence-electron chi connectivity index (χ4n) is 3.25. The maximum Gasteiger partial charge on any atom is 0.252 e. The molecular formula is C20H21NO3. The van der Waals surface area contributed by atoms with E-state index in [1.165, 1.54) is 12.1 Å². The number of phenolic OH excluding ortho intramolecular Hbond substituents is 2. The first-order chi connectivity index (χ1) is 11.5. The van der Waals surface area contributed by atoms with Crippen LogP contribution in [-0.2, 0) is 12.8 Å². The van der Waals surface area contributed by atoms with E-state index in [9.17, 15) is 15.0 Å². The summed E-state index contributed by atoms with van der Waals surface area (Å²) in [7, 11) is 0. The molecule has 3 rings (SSSR count). The highest BCUT2D eigenvalue weighted by Crippen LogP contribution is 2.33. The monoisotopic (exact) mass is 323 g/mol. The van der Waals surface area contributed by atoms with E-state index in [1.54, 1.807) is 0 Å². The molecule has 0 spiro atoms. The van der Waals surface area contributed by atoms with Crippen LogP contribution in [0, 0.1) is 6.92 Å². The van der Waals surface area contributed by atoms with Gasteiger partial charge in [-0.1, -0.05) is 43.2 Å². The highest BCUT2D eigenvalue weighted by Gasteiger charge is 2.16. The molecule has 0 aliphatic carbocycles. The molecule has 0 aliphatic heterocycles. The van der Waals surface area contributed by atoms with Gasteiger partial charge in [-0.05, 0) is 24.5 Å². The highest BCUT2D eigenvalue weighted by atomic mass is 16.3. The van der Waals surface area contributed by atoms with Gasteiger partial charge in [0.05, 0.1) is 5.52 Å². The third kappa shape index (κ3) is 3.00. The lowest BCUT2D eigenvalue weighted by Gasteiger charge is -2.14. The van der Waals surface area contributed by atoms with Crippen LogP contribution in [0.5, 0.6) is 11.5 Å². The Morgan fingerprint density at radius 1 is 1.08 bits per heavy atom. The second-order valence-electron chi connectivity index (χ2n) is 6.21. The number of phenols is 2. The maximum atomic E-state index is 12.6. The van der Waals surface area contributed by atoms with Crippen molar-refractivity contribution in [3.63, 3.8) is 0 Å². The summed E-state index contributed by atoms with van der Waals surface area (Å²) >= 11 is 0. The predicted octanol–water partition coefficient (Wildman–Crippen LogP) is 3.79. The van der Waals surface area contributed by atoms with E-state index in [-0.39, 0.29) is 17.1 Å². The molecule has 0 aliphatic rings. The van der Waals surface area contributed by atoms with Crippen LogP contribution in [0.15, 0.2) is 41.2 Å². The van der Waals surface area contributed by atoms with Crippen molar-refractivity contribution >= 4 is 10.9 Å². The fraction of sp³-hybridized carbons (Fsp3) is 0.250. The van der Waals surface area contributed by atoms with Crippen molar-refractivity contribution in [3.05, 3.63) is 69.0 Å². The number of fused-ring (bicyclic) bond motifs is 1. The Kier molecular flexibility index (Phi) is 4.30. The van der Waals surface area contributed by atoms with Gasteiger partial charge in [0.25, 0.3) is 5.56 Å². The van der Waals surface area contributed by atoms with E-state index in [0.717, 1.165) is 23.1 Å². The van der Waals surface area contributed by atoms with Gasteiger partial charge in [0.15, 0.2) is 0 Å². The molecule has 2 aromatic carbocycles. The van der Waals surface area contributed by atoms with Crippen LogP contribution in [0.3, 0.4) is 0 Å². The van der Waals surface area contributed by atoms with E-state index in [0.29, 0.717) is 29.3 Å². The number of aromatic nitrogens is 1. The largest absolute Gasteiger partial charge is 0.508 e. The molecule has 0 saturated heterocycles. The van der Waals surface area contributed by atoms with Crippen molar-refractivity contribution in [1.82, 2.24) is 4.98 Å². The predicted molar refractivity (Wildman–Crippen MR) is 95.9 cm³/mol. The van der Waals surface area contributed by atoms with Gasteiger partial charge >= 0.3 is 0 Å². The summed E-state index contributed by atoms with van der Waals surface area (Å²) in [6.07, 6.45) is 2.07. The Morgan fingerprint density at radius 3 is 2.58 bits per heavy atom. The number of aromatic hydroxyl groups is 2. The third-order valence-electron chi connectivity index (χ3n) is 4.25. The minimum Gasteiger partial charge on any atom is -0.508 e. The summed E-state index contributed by atoms with van der Waals surface area (Å²) in [5.74, 6) is -0.0697. The van der Waals surface area contributed by atoms with Crippen LogP contribution in [0.4, 0.5) is 0 Å². The second kappa shape index (κ2) is 6.40. The zero-order valence-electron chi connectivity index (χ0n) is 13.9. The first-order valence-corrected chi connectivity index (χ1v) is 8.15. The Balaban J connectivity index is 2.24. The molecular weight excluding hydrogens is 302 g/mol. The number of hydrogen-bond donors (Lipinski definition) is 3. The number of pyridine rings is 1. The Bertz CT molecular complexity index is 957. The van der Waals surface area contributed by atoms with Crippen LogP contribution in [-0.4, -0.2) is 15.2 Å². The Morgan fingerprint density at radius 2 is 1.88 bits per heavy atom. The van der Waals surface area contributed by atoms with Gasteiger partial charge in [0.2, 0.25) is 0 Å². The topological polar surface area (TPSA) is 73.3 Å². The van der Waals surface area contributed by atoms with Gasteiger partial charge in [-0.2, -0.15) is 0 Å². The van der Waals surface area contributed by atoms with Gasteiger partial charge in [-0.15, -0.1) is 0 Å². The standard InChI is InChI=1S/C20H21NO3/c1-3-5-15-16(9-13-7-4-6-12(2)8-13)20(24)21-17-10-14(22)11-18(23)19(15)17/h4,6-8,10-11,22-23H,3,5,9H2,1-2H3,(H,21,24). The number of hydrogen-bond acceptors (Lipinski definition) is 3. The van der Waals surface area contributed by atoms with E-state index >= 15 is 0 Å². The molecule has 0 saturated carbocycles. The summed E-state index contributed by atoms with van der Waals surface area (Å²) in [4.78, 5) is 15.4. The minimum absolute atomic E-state index is 0.00445. The molecule has 0 bridgehead atoms. The molecule has 4 heteroatoms. The molecule has 24 heavy (non-hydrogen) atoms. The lowest BCUT2D eigenvalue weighted by atomic mass is 9.94. The van der Waals surface area contributed by atoms with Gasteiger partial charge in [0.1, 0.15) is 11.5 Å². The lowest BCUT2D eigenvalue weighted by molar-refractivity contribution is 0.454. The number of H-pyrrole nitrogens is 1. The van der Waals surface area contributed by atoms with E-state index in [2.05, 4.69) is 11.1 Å². The first kappa shape index (κ1) is 16.1. The summed E-state index contributed by atoms with van der Waals surface area (Å²) in [6.45, 7) is 4.07. The van der Waals surface area contributed by atoms with Crippen LogP contribution < -0.4 is 5.56 Å². The fourth-order valence-corrected chi connectivity index (χ4v) is 3.25. The summed E-state index contributed by atoms with van der Waals surface area (Å²) in [6, 6.07) is 10.9. The highest BCUT2D eigenvalue weighted by molar-refractivity contribution is 5.90. The molecule has 0 unspecified atom stereocenters. The molecule has 4 nitrogen and oxygen atoms in total. The number of rotatable bonds is 4. The molecule has 0 fully saturated rings. The zero-order chi connectivity index (χ0) is 17.3. The SMILES string of the molecule is CCCc1c(Cc2cccc(C)c2)c(=O)[nH]c2cc(O)cc(O)c12. The normalized spacial score (nSPS) is 11.1. The molecule has 3 N–H and O–H groups in total. The summed E-state index contributed by atoms with van der Waals surface area (Å²) < 4.78 is 0. The smallest absolute Gasteiger partial charge is 0.252 e. The zero-order valence-corrected chi connectivity index (χ0v) is 13.9. The number of aromatic amines is 1. The van der Waals surface area contributed by atoms with E-state index in [4.69, 9.17) is 0 Å². The van der Waals surface area contributed by atoms with Crippen molar-refractivity contribution in [2.24, 2.45) is 0 Å². The molecule has 1 heterocycles. The number of aryl methyl sites for hydroxylation is 2. The van der Waals surface area contributed by atoms with Gasteiger partial charge in [-0.3, -0.25) is 4.79 Å². The van der Waals surface area contributed by atoms with Crippen LogP contribution in [0.1, 0.15) is 35.6 Å². The van der Waals surface area contributed by atoms with Crippen molar-refractivity contribution in [3.8, 4) is 11.5 Å². The average molecular weight is 323 g/mol. The van der Waals surface area contributed by atoms with Crippen molar-refractivity contribution < 1.29 is 10.2 Å².